The maximum Gasteiger partial charge on any atom is 0.263 e. The molecule has 2 N–H and O–H groups in total. The fourth-order valence-corrected chi connectivity index (χ4v) is 1.25. The van der Waals surface area contributed by atoms with Crippen molar-refractivity contribution in [3.8, 4) is 11.5 Å². The zero-order valence-corrected chi connectivity index (χ0v) is 8.89. The number of aliphatic hydroxyl groups is 1. The van der Waals surface area contributed by atoms with Crippen molar-refractivity contribution in [2.24, 2.45) is 0 Å². The average molecular weight is 221 g/mol. The standard InChI is InChI=1S/C10H11N3O3/c1-5-3-8(15)7(4-11-5)10-12-9(6(2)14)13-16-10/h3-4,6,14H,1-2H3,(H,11,15). The number of nitrogens with one attached hydrogen (secondary N) is 1. The summed E-state index contributed by atoms with van der Waals surface area (Å²) in [6.07, 6.45) is 0.693. The van der Waals surface area contributed by atoms with Crippen molar-refractivity contribution in [3.63, 3.8) is 0 Å². The molecule has 0 aliphatic carbocycles. The summed E-state index contributed by atoms with van der Waals surface area (Å²) in [5, 5.41) is 12.8. The van der Waals surface area contributed by atoms with Crippen LogP contribution in [0.1, 0.15) is 24.5 Å². The van der Waals surface area contributed by atoms with E-state index in [1.54, 1.807) is 6.92 Å². The number of H-pyrrole nitrogens is 1. The van der Waals surface area contributed by atoms with Gasteiger partial charge in [-0.1, -0.05) is 5.16 Å². The molecule has 0 amide bonds. The van der Waals surface area contributed by atoms with E-state index in [9.17, 15) is 9.90 Å². The van der Waals surface area contributed by atoms with Crippen molar-refractivity contribution in [3.05, 3.63) is 34.0 Å². The lowest BCUT2D eigenvalue weighted by Crippen LogP contribution is -2.05. The van der Waals surface area contributed by atoms with E-state index in [1.807, 2.05) is 0 Å². The van der Waals surface area contributed by atoms with Gasteiger partial charge in [0.05, 0.1) is 0 Å². The van der Waals surface area contributed by atoms with Gasteiger partial charge in [0.25, 0.3) is 5.89 Å². The molecule has 0 aromatic carbocycles. The molecule has 6 heteroatoms. The molecular weight excluding hydrogens is 210 g/mol. The molecule has 0 spiro atoms. The number of rotatable bonds is 2. The van der Waals surface area contributed by atoms with Gasteiger partial charge in [0, 0.05) is 18.0 Å². The summed E-state index contributed by atoms with van der Waals surface area (Å²) >= 11 is 0. The molecule has 1 unspecified atom stereocenters. The third-order valence-corrected chi connectivity index (χ3v) is 2.10. The van der Waals surface area contributed by atoms with Gasteiger partial charge in [0.15, 0.2) is 11.3 Å². The highest BCUT2D eigenvalue weighted by atomic mass is 16.5. The van der Waals surface area contributed by atoms with Crippen molar-refractivity contribution < 1.29 is 9.63 Å². The lowest BCUT2D eigenvalue weighted by Gasteiger charge is -1.95. The largest absolute Gasteiger partial charge is 0.385 e. The normalized spacial score (nSPS) is 12.7. The Morgan fingerprint density at radius 1 is 1.56 bits per heavy atom. The number of nitrogens with zero attached hydrogens (tertiary/aromatic N) is 2. The Hall–Kier alpha value is -1.95. The minimum Gasteiger partial charge on any atom is -0.385 e. The monoisotopic (exact) mass is 221 g/mol. The Labute approximate surface area is 90.9 Å². The number of aromatic amines is 1. The van der Waals surface area contributed by atoms with E-state index in [4.69, 9.17) is 4.52 Å². The zero-order valence-electron chi connectivity index (χ0n) is 8.89. The summed E-state index contributed by atoms with van der Waals surface area (Å²) in [6, 6.07) is 1.45. The van der Waals surface area contributed by atoms with E-state index in [0.29, 0.717) is 5.56 Å². The molecule has 1 atom stereocenters. The molecule has 2 aromatic rings. The third kappa shape index (κ3) is 1.87. The Kier molecular flexibility index (Phi) is 2.57. The number of pyridine rings is 1. The third-order valence-electron chi connectivity index (χ3n) is 2.10. The summed E-state index contributed by atoms with van der Waals surface area (Å²) in [6.45, 7) is 3.30. The van der Waals surface area contributed by atoms with Gasteiger partial charge in [-0.3, -0.25) is 4.79 Å². The first-order valence-corrected chi connectivity index (χ1v) is 4.79. The maximum atomic E-state index is 11.6. The molecule has 0 radical (unpaired) electrons. The molecule has 16 heavy (non-hydrogen) atoms. The van der Waals surface area contributed by atoms with Crippen molar-refractivity contribution in [1.29, 1.82) is 0 Å². The summed E-state index contributed by atoms with van der Waals surface area (Å²) in [4.78, 5) is 18.4. The van der Waals surface area contributed by atoms with E-state index in [0.717, 1.165) is 5.69 Å². The van der Waals surface area contributed by atoms with Gasteiger partial charge in [-0.05, 0) is 13.8 Å². The molecule has 0 saturated carbocycles. The topological polar surface area (TPSA) is 92.0 Å². The average Bonchev–Trinajstić information content (AvgIpc) is 2.66. The van der Waals surface area contributed by atoms with Crippen molar-refractivity contribution >= 4 is 0 Å². The second kappa shape index (κ2) is 3.90. The minimum absolute atomic E-state index is 0.108. The highest BCUT2D eigenvalue weighted by molar-refractivity contribution is 5.50. The SMILES string of the molecule is Cc1cc(=O)c(-c2nc(C(C)O)no2)c[nH]1. The number of hydrogen-bond acceptors (Lipinski definition) is 5. The van der Waals surface area contributed by atoms with Gasteiger partial charge in [0.2, 0.25) is 0 Å². The van der Waals surface area contributed by atoms with Crippen LogP contribution < -0.4 is 5.43 Å². The van der Waals surface area contributed by atoms with Crippen molar-refractivity contribution in [2.45, 2.75) is 20.0 Å². The quantitative estimate of drug-likeness (QED) is 0.782. The van der Waals surface area contributed by atoms with E-state index >= 15 is 0 Å². The Balaban J connectivity index is 2.47. The highest BCUT2D eigenvalue weighted by Gasteiger charge is 2.14. The lowest BCUT2D eigenvalue weighted by atomic mass is 10.2. The van der Waals surface area contributed by atoms with Gasteiger partial charge in [0.1, 0.15) is 11.7 Å². The van der Waals surface area contributed by atoms with Gasteiger partial charge < -0.3 is 14.6 Å². The second-order valence-corrected chi connectivity index (χ2v) is 3.53. The predicted molar refractivity (Wildman–Crippen MR) is 55.7 cm³/mol. The molecule has 2 aromatic heterocycles. The van der Waals surface area contributed by atoms with Gasteiger partial charge in [-0.25, -0.2) is 0 Å². The number of aliphatic hydroxyl groups excluding tert-OH is 1. The first-order valence-electron chi connectivity index (χ1n) is 4.79. The first-order chi connectivity index (χ1) is 7.58. The predicted octanol–water partition coefficient (Wildman–Crippen LogP) is 0.787. The van der Waals surface area contributed by atoms with Crippen LogP contribution in [0.4, 0.5) is 0 Å². The first kappa shape index (κ1) is 10.6. The Morgan fingerprint density at radius 3 is 2.88 bits per heavy atom. The molecule has 2 rings (SSSR count). The van der Waals surface area contributed by atoms with Gasteiger partial charge >= 0.3 is 0 Å². The summed E-state index contributed by atoms with van der Waals surface area (Å²) in [5.74, 6) is 0.270. The molecular formula is C10H11N3O3. The van der Waals surface area contributed by atoms with Gasteiger partial charge in [-0.2, -0.15) is 4.98 Å². The van der Waals surface area contributed by atoms with Crippen LogP contribution in [0, 0.1) is 6.92 Å². The zero-order chi connectivity index (χ0) is 11.7. The Morgan fingerprint density at radius 2 is 2.31 bits per heavy atom. The fourth-order valence-electron chi connectivity index (χ4n) is 1.25. The molecule has 2 heterocycles. The van der Waals surface area contributed by atoms with Crippen LogP contribution >= 0.6 is 0 Å². The molecule has 0 fully saturated rings. The van der Waals surface area contributed by atoms with Crippen LogP contribution in [-0.4, -0.2) is 20.2 Å². The van der Waals surface area contributed by atoms with Crippen molar-refractivity contribution in [1.82, 2.24) is 15.1 Å². The van der Waals surface area contributed by atoms with Crippen molar-refractivity contribution in [2.75, 3.05) is 0 Å². The van der Waals surface area contributed by atoms with E-state index in [2.05, 4.69) is 15.1 Å². The molecule has 84 valence electrons. The number of aromatic nitrogens is 3. The number of aryl methyl sites for hydroxylation is 1. The lowest BCUT2D eigenvalue weighted by molar-refractivity contribution is 0.184. The highest BCUT2D eigenvalue weighted by Crippen LogP contribution is 2.15. The summed E-state index contributed by atoms with van der Waals surface area (Å²) in [5.41, 5.74) is 0.853. The van der Waals surface area contributed by atoms with Crippen LogP contribution in [0.5, 0.6) is 0 Å². The molecule has 0 aliphatic rings. The van der Waals surface area contributed by atoms with Crippen LogP contribution in [-0.2, 0) is 0 Å². The molecule has 0 aliphatic heterocycles. The summed E-state index contributed by atoms with van der Waals surface area (Å²) in [7, 11) is 0. The second-order valence-electron chi connectivity index (χ2n) is 3.53. The van der Waals surface area contributed by atoms with Crippen LogP contribution in [0.2, 0.25) is 0 Å². The van der Waals surface area contributed by atoms with Crippen LogP contribution in [0.3, 0.4) is 0 Å². The molecule has 6 nitrogen and oxygen atoms in total. The smallest absolute Gasteiger partial charge is 0.263 e. The van der Waals surface area contributed by atoms with E-state index < -0.39 is 6.10 Å². The fraction of sp³-hybridized carbons (Fsp3) is 0.300. The summed E-state index contributed by atoms with van der Waals surface area (Å²) < 4.78 is 4.89. The molecule has 0 bridgehead atoms. The minimum atomic E-state index is -0.818. The molecule has 0 saturated heterocycles. The van der Waals surface area contributed by atoms with Gasteiger partial charge in [-0.15, -0.1) is 0 Å². The Bertz CT molecular complexity index is 556. The van der Waals surface area contributed by atoms with E-state index in [1.165, 1.54) is 19.2 Å². The van der Waals surface area contributed by atoms with Crippen LogP contribution in [0.25, 0.3) is 11.5 Å². The number of hydrogen-bond donors (Lipinski definition) is 2. The van der Waals surface area contributed by atoms with Crippen LogP contribution in [0.15, 0.2) is 21.6 Å². The maximum absolute atomic E-state index is 11.6. The van der Waals surface area contributed by atoms with E-state index in [-0.39, 0.29) is 17.1 Å².